The Morgan fingerprint density at radius 2 is 1.64 bits per heavy atom. The molecule has 1 unspecified atom stereocenters. The molecule has 33 heavy (non-hydrogen) atoms. The predicted molar refractivity (Wildman–Crippen MR) is 131 cm³/mol. The van der Waals surface area contributed by atoms with Gasteiger partial charge in [-0.2, -0.15) is 0 Å². The number of carbonyl (C=O) groups is 2. The summed E-state index contributed by atoms with van der Waals surface area (Å²) in [6, 6.07) is 23.1. The summed E-state index contributed by atoms with van der Waals surface area (Å²) in [7, 11) is 0. The Morgan fingerprint density at radius 3 is 2.45 bits per heavy atom. The number of anilines is 1. The summed E-state index contributed by atoms with van der Waals surface area (Å²) in [6.07, 6.45) is 4.63. The number of benzene rings is 3. The zero-order valence-electron chi connectivity index (χ0n) is 19.0. The molecule has 4 rings (SSSR count). The second-order valence-corrected chi connectivity index (χ2v) is 8.42. The highest BCUT2D eigenvalue weighted by molar-refractivity contribution is 6.04. The Hall–Kier alpha value is -3.60. The minimum Gasteiger partial charge on any atom is -0.481 e. The van der Waals surface area contributed by atoms with E-state index in [0.717, 1.165) is 24.8 Å². The van der Waals surface area contributed by atoms with E-state index in [1.807, 2.05) is 42.5 Å². The summed E-state index contributed by atoms with van der Waals surface area (Å²) >= 11 is 0. The van der Waals surface area contributed by atoms with Gasteiger partial charge in [-0.3, -0.25) is 9.59 Å². The first-order chi connectivity index (χ1) is 16.1. The quantitative estimate of drug-likeness (QED) is 0.519. The number of fused-ring (bicyclic) bond motifs is 1. The van der Waals surface area contributed by atoms with Crippen molar-refractivity contribution >= 4 is 17.5 Å². The molecule has 0 aliphatic heterocycles. The normalized spacial score (nSPS) is 13.5. The van der Waals surface area contributed by atoms with Gasteiger partial charge in [0.05, 0.1) is 11.3 Å². The zero-order chi connectivity index (χ0) is 23.0. The molecule has 3 aromatic carbocycles. The minimum absolute atomic E-state index is 0.218. The molecular formula is C28H30N2O3. The van der Waals surface area contributed by atoms with Gasteiger partial charge in [-0.05, 0) is 80.0 Å². The predicted octanol–water partition coefficient (Wildman–Crippen LogP) is 4.94. The Kier molecular flexibility index (Phi) is 7.40. The minimum atomic E-state index is -0.694. The fourth-order valence-electron chi connectivity index (χ4n) is 4.13. The number of hydrogen-bond donors (Lipinski definition) is 2. The van der Waals surface area contributed by atoms with Crippen LogP contribution < -0.4 is 15.4 Å². The van der Waals surface area contributed by atoms with Crippen LogP contribution in [0.25, 0.3) is 0 Å². The molecule has 5 heteroatoms. The average Bonchev–Trinajstić information content (AvgIpc) is 2.85. The van der Waals surface area contributed by atoms with Crippen LogP contribution in [0.3, 0.4) is 0 Å². The lowest BCUT2D eigenvalue weighted by molar-refractivity contribution is -0.122. The Labute approximate surface area is 195 Å². The number of nitrogens with one attached hydrogen (secondary N) is 2. The van der Waals surface area contributed by atoms with E-state index >= 15 is 0 Å². The van der Waals surface area contributed by atoms with E-state index in [0.29, 0.717) is 23.5 Å². The first-order valence-electron chi connectivity index (χ1n) is 11.6. The van der Waals surface area contributed by atoms with E-state index in [2.05, 4.69) is 16.7 Å². The van der Waals surface area contributed by atoms with Crippen LogP contribution in [-0.2, 0) is 24.1 Å². The van der Waals surface area contributed by atoms with Crippen molar-refractivity contribution in [1.29, 1.82) is 0 Å². The first-order valence-corrected chi connectivity index (χ1v) is 11.6. The lowest BCUT2D eigenvalue weighted by atomic mass is 9.92. The zero-order valence-corrected chi connectivity index (χ0v) is 19.0. The van der Waals surface area contributed by atoms with Crippen molar-refractivity contribution in [3.05, 3.63) is 95.1 Å². The van der Waals surface area contributed by atoms with Gasteiger partial charge >= 0.3 is 0 Å². The average molecular weight is 443 g/mol. The van der Waals surface area contributed by atoms with E-state index in [1.54, 1.807) is 31.2 Å². The maximum absolute atomic E-state index is 12.8. The van der Waals surface area contributed by atoms with E-state index in [-0.39, 0.29) is 11.8 Å². The van der Waals surface area contributed by atoms with Gasteiger partial charge in [0.25, 0.3) is 11.8 Å². The molecule has 0 fully saturated rings. The highest BCUT2D eigenvalue weighted by Crippen LogP contribution is 2.26. The molecule has 5 nitrogen and oxygen atoms in total. The summed E-state index contributed by atoms with van der Waals surface area (Å²) < 4.78 is 5.92. The molecule has 0 heterocycles. The van der Waals surface area contributed by atoms with Gasteiger partial charge in [-0.1, -0.05) is 48.5 Å². The molecule has 0 radical (unpaired) electrons. The second-order valence-electron chi connectivity index (χ2n) is 8.42. The molecule has 3 aromatic rings. The van der Waals surface area contributed by atoms with Gasteiger partial charge in [-0.25, -0.2) is 0 Å². The van der Waals surface area contributed by atoms with Crippen LogP contribution in [0.15, 0.2) is 72.8 Å². The number of rotatable bonds is 8. The van der Waals surface area contributed by atoms with Crippen LogP contribution in [0.1, 0.15) is 46.8 Å². The van der Waals surface area contributed by atoms with E-state index in [4.69, 9.17) is 4.74 Å². The van der Waals surface area contributed by atoms with Crippen molar-refractivity contribution in [2.45, 2.75) is 45.1 Å². The highest BCUT2D eigenvalue weighted by Gasteiger charge is 2.19. The van der Waals surface area contributed by atoms with Crippen molar-refractivity contribution < 1.29 is 14.3 Å². The molecule has 2 N–H and O–H groups in total. The summed E-state index contributed by atoms with van der Waals surface area (Å²) in [5.41, 5.74) is 4.75. The summed E-state index contributed by atoms with van der Waals surface area (Å²) in [5.74, 6) is 0.188. The highest BCUT2D eigenvalue weighted by atomic mass is 16.5. The third-order valence-electron chi connectivity index (χ3n) is 5.97. The summed E-state index contributed by atoms with van der Waals surface area (Å²) in [6.45, 7) is 2.24. The van der Waals surface area contributed by atoms with Crippen molar-refractivity contribution in [1.82, 2.24) is 5.32 Å². The lowest BCUT2D eigenvalue weighted by Crippen LogP contribution is -2.32. The standard InChI is InChI=1S/C28H30N2O3/c1-20(33-24-16-15-22-11-5-6-12-23(22)19-24)27(31)30-26-14-8-7-13-25(26)28(32)29-18-17-21-9-3-2-4-10-21/h2-4,7-10,13-16,19-20H,5-6,11-12,17-18H2,1H3,(H,29,32)(H,30,31). The maximum Gasteiger partial charge on any atom is 0.265 e. The summed E-state index contributed by atoms with van der Waals surface area (Å²) in [5, 5.41) is 5.79. The van der Waals surface area contributed by atoms with Gasteiger partial charge in [0.2, 0.25) is 0 Å². The molecule has 0 saturated carbocycles. The third kappa shape index (κ3) is 6.01. The third-order valence-corrected chi connectivity index (χ3v) is 5.97. The molecule has 0 saturated heterocycles. The van der Waals surface area contributed by atoms with Gasteiger partial charge < -0.3 is 15.4 Å². The van der Waals surface area contributed by atoms with Crippen molar-refractivity contribution in [2.75, 3.05) is 11.9 Å². The number of amides is 2. The molecule has 0 spiro atoms. The molecule has 2 amide bonds. The fourth-order valence-corrected chi connectivity index (χ4v) is 4.13. The van der Waals surface area contributed by atoms with E-state index in [9.17, 15) is 9.59 Å². The van der Waals surface area contributed by atoms with Crippen LogP contribution in [0.2, 0.25) is 0 Å². The molecule has 1 aliphatic rings. The lowest BCUT2D eigenvalue weighted by Gasteiger charge is -2.19. The van der Waals surface area contributed by atoms with Crippen LogP contribution in [0.5, 0.6) is 5.75 Å². The Balaban J connectivity index is 1.35. The number of carbonyl (C=O) groups excluding carboxylic acids is 2. The van der Waals surface area contributed by atoms with Crippen LogP contribution in [0, 0.1) is 0 Å². The van der Waals surface area contributed by atoms with E-state index < -0.39 is 6.10 Å². The topological polar surface area (TPSA) is 67.4 Å². The molecule has 1 aliphatic carbocycles. The Bertz CT molecular complexity index is 1110. The SMILES string of the molecule is CC(Oc1ccc2c(c1)CCCC2)C(=O)Nc1ccccc1C(=O)NCCc1ccccc1. The van der Waals surface area contributed by atoms with Crippen LogP contribution >= 0.6 is 0 Å². The maximum atomic E-state index is 12.8. The van der Waals surface area contributed by atoms with E-state index in [1.165, 1.54) is 24.0 Å². The smallest absolute Gasteiger partial charge is 0.265 e. The number of aryl methyl sites for hydroxylation is 2. The molecule has 170 valence electrons. The van der Waals surface area contributed by atoms with Crippen LogP contribution in [-0.4, -0.2) is 24.5 Å². The van der Waals surface area contributed by atoms with Crippen molar-refractivity contribution in [3.8, 4) is 5.75 Å². The van der Waals surface area contributed by atoms with Crippen molar-refractivity contribution in [2.24, 2.45) is 0 Å². The molecule has 0 bridgehead atoms. The molecule has 0 aromatic heterocycles. The van der Waals surface area contributed by atoms with Gasteiger partial charge in [0.1, 0.15) is 5.75 Å². The summed E-state index contributed by atoms with van der Waals surface area (Å²) in [4.78, 5) is 25.6. The van der Waals surface area contributed by atoms with Gasteiger partial charge in [0.15, 0.2) is 6.10 Å². The fraction of sp³-hybridized carbons (Fsp3) is 0.286. The number of ether oxygens (including phenoxy) is 1. The van der Waals surface area contributed by atoms with Crippen LogP contribution in [0.4, 0.5) is 5.69 Å². The number of hydrogen-bond acceptors (Lipinski definition) is 3. The van der Waals surface area contributed by atoms with Crippen molar-refractivity contribution in [3.63, 3.8) is 0 Å². The van der Waals surface area contributed by atoms with Gasteiger partial charge in [-0.15, -0.1) is 0 Å². The van der Waals surface area contributed by atoms with Gasteiger partial charge in [0, 0.05) is 6.54 Å². The first kappa shape index (κ1) is 22.6. The monoisotopic (exact) mass is 442 g/mol. The number of para-hydroxylation sites is 1. The second kappa shape index (κ2) is 10.8. The molecule has 1 atom stereocenters. The Morgan fingerprint density at radius 1 is 0.909 bits per heavy atom. The largest absolute Gasteiger partial charge is 0.481 e. The molecular weight excluding hydrogens is 412 g/mol.